The molecule has 0 radical (unpaired) electrons. The Bertz CT molecular complexity index is 357. The van der Waals surface area contributed by atoms with Gasteiger partial charge in [0.25, 0.3) is 5.91 Å². The number of carbonyl (C=O) groups excluding carboxylic acids is 1. The number of nitrogens with one attached hydrogen (secondary N) is 1. The van der Waals surface area contributed by atoms with Gasteiger partial charge in [-0.05, 0) is 44.4 Å². The van der Waals surface area contributed by atoms with Gasteiger partial charge < -0.3 is 11.1 Å². The summed E-state index contributed by atoms with van der Waals surface area (Å²) in [6.45, 7) is 6.01. The third kappa shape index (κ3) is 4.57. The first kappa shape index (κ1) is 13.7. The van der Waals surface area contributed by atoms with Crippen molar-refractivity contribution in [2.45, 2.75) is 45.7 Å². The molecule has 3 heteroatoms. The summed E-state index contributed by atoms with van der Waals surface area (Å²) >= 11 is 0. The molecule has 0 aliphatic heterocycles. The van der Waals surface area contributed by atoms with E-state index in [9.17, 15) is 4.79 Å². The molecule has 1 aromatic carbocycles. The monoisotopic (exact) mass is 234 g/mol. The zero-order valence-electron chi connectivity index (χ0n) is 10.9. The van der Waals surface area contributed by atoms with Crippen molar-refractivity contribution >= 4 is 5.91 Å². The Morgan fingerprint density at radius 2 is 1.88 bits per heavy atom. The van der Waals surface area contributed by atoms with Gasteiger partial charge in [0.1, 0.15) is 0 Å². The Labute approximate surface area is 103 Å². The first-order valence-electron chi connectivity index (χ1n) is 6.18. The minimum absolute atomic E-state index is 0.0270. The summed E-state index contributed by atoms with van der Waals surface area (Å²) in [7, 11) is 0. The summed E-state index contributed by atoms with van der Waals surface area (Å²) < 4.78 is 0. The van der Waals surface area contributed by atoms with E-state index >= 15 is 0 Å². The smallest absolute Gasteiger partial charge is 0.251 e. The van der Waals surface area contributed by atoms with Crippen LogP contribution in [0.3, 0.4) is 0 Å². The molecule has 0 heterocycles. The maximum Gasteiger partial charge on any atom is 0.251 e. The maximum absolute atomic E-state index is 11.9. The van der Waals surface area contributed by atoms with Crippen molar-refractivity contribution in [3.8, 4) is 0 Å². The van der Waals surface area contributed by atoms with Crippen LogP contribution in [0.25, 0.3) is 0 Å². The van der Waals surface area contributed by atoms with Crippen LogP contribution in [0.5, 0.6) is 0 Å². The van der Waals surface area contributed by atoms with Crippen LogP contribution < -0.4 is 11.1 Å². The van der Waals surface area contributed by atoms with Crippen LogP contribution in [0.4, 0.5) is 0 Å². The van der Waals surface area contributed by atoms with Gasteiger partial charge in [-0.1, -0.05) is 19.1 Å². The standard InChI is InChI=1S/C14H22N2O/c1-4-12-5-7-13(8-6-12)14(17)16-11(3)9-10(2)15/h5-8,10-11H,4,9,15H2,1-3H3,(H,16,17). The fourth-order valence-corrected chi connectivity index (χ4v) is 1.82. The second kappa shape index (κ2) is 6.40. The first-order chi connectivity index (χ1) is 8.02. The Balaban J connectivity index is 2.57. The fraction of sp³-hybridized carbons (Fsp3) is 0.500. The number of nitrogens with two attached hydrogens (primary N) is 1. The van der Waals surface area contributed by atoms with Crippen molar-refractivity contribution in [1.29, 1.82) is 0 Å². The number of aryl methyl sites for hydroxylation is 1. The van der Waals surface area contributed by atoms with Gasteiger partial charge in [-0.3, -0.25) is 4.79 Å². The van der Waals surface area contributed by atoms with Crippen LogP contribution >= 0.6 is 0 Å². The molecule has 0 bridgehead atoms. The molecular formula is C14H22N2O. The largest absolute Gasteiger partial charge is 0.350 e. The molecule has 0 saturated heterocycles. The van der Waals surface area contributed by atoms with Crippen LogP contribution in [0, 0.1) is 0 Å². The van der Waals surface area contributed by atoms with Crippen LogP contribution in [0.1, 0.15) is 43.1 Å². The van der Waals surface area contributed by atoms with Gasteiger partial charge in [-0.15, -0.1) is 0 Å². The van der Waals surface area contributed by atoms with Gasteiger partial charge >= 0.3 is 0 Å². The van der Waals surface area contributed by atoms with Gasteiger partial charge in [-0.25, -0.2) is 0 Å². The summed E-state index contributed by atoms with van der Waals surface area (Å²) in [6.07, 6.45) is 1.78. The van der Waals surface area contributed by atoms with Crippen LogP contribution in [0.15, 0.2) is 24.3 Å². The second-order valence-corrected chi connectivity index (χ2v) is 4.64. The molecule has 0 aliphatic rings. The molecule has 2 unspecified atom stereocenters. The topological polar surface area (TPSA) is 55.1 Å². The van der Waals surface area contributed by atoms with Crippen molar-refractivity contribution in [3.63, 3.8) is 0 Å². The fourth-order valence-electron chi connectivity index (χ4n) is 1.82. The van der Waals surface area contributed by atoms with E-state index in [-0.39, 0.29) is 18.0 Å². The number of amides is 1. The summed E-state index contributed by atoms with van der Waals surface area (Å²) in [5.74, 6) is -0.0270. The molecule has 0 fully saturated rings. The Kier molecular flexibility index (Phi) is 5.16. The summed E-state index contributed by atoms with van der Waals surface area (Å²) in [4.78, 5) is 11.9. The molecule has 3 nitrogen and oxygen atoms in total. The van der Waals surface area contributed by atoms with Crippen molar-refractivity contribution in [2.24, 2.45) is 5.73 Å². The lowest BCUT2D eigenvalue weighted by Crippen LogP contribution is -2.36. The molecule has 1 rings (SSSR count). The second-order valence-electron chi connectivity index (χ2n) is 4.64. The van der Waals surface area contributed by atoms with E-state index in [1.807, 2.05) is 38.1 Å². The molecule has 0 spiro atoms. The van der Waals surface area contributed by atoms with E-state index < -0.39 is 0 Å². The molecule has 0 saturated carbocycles. The Morgan fingerprint density at radius 1 is 1.29 bits per heavy atom. The van der Waals surface area contributed by atoms with E-state index in [4.69, 9.17) is 5.73 Å². The first-order valence-corrected chi connectivity index (χ1v) is 6.18. The van der Waals surface area contributed by atoms with Crippen LogP contribution in [-0.2, 0) is 6.42 Å². The van der Waals surface area contributed by atoms with Gasteiger partial charge in [0.05, 0.1) is 0 Å². The third-order valence-corrected chi connectivity index (χ3v) is 2.73. The molecule has 0 aliphatic carbocycles. The molecular weight excluding hydrogens is 212 g/mol. The number of benzene rings is 1. The van der Waals surface area contributed by atoms with E-state index in [2.05, 4.69) is 12.2 Å². The third-order valence-electron chi connectivity index (χ3n) is 2.73. The highest BCUT2D eigenvalue weighted by molar-refractivity contribution is 5.94. The maximum atomic E-state index is 11.9. The minimum Gasteiger partial charge on any atom is -0.350 e. The molecule has 1 aromatic rings. The number of hydrogen-bond acceptors (Lipinski definition) is 2. The van der Waals surface area contributed by atoms with Gasteiger partial charge in [0, 0.05) is 17.6 Å². The minimum atomic E-state index is -0.0270. The van der Waals surface area contributed by atoms with Crippen molar-refractivity contribution in [2.75, 3.05) is 0 Å². The summed E-state index contributed by atoms with van der Waals surface area (Å²) in [5.41, 5.74) is 7.64. The van der Waals surface area contributed by atoms with Gasteiger partial charge in [-0.2, -0.15) is 0 Å². The SMILES string of the molecule is CCc1ccc(C(=O)NC(C)CC(C)N)cc1. The van der Waals surface area contributed by atoms with Crippen molar-refractivity contribution in [3.05, 3.63) is 35.4 Å². The predicted molar refractivity (Wildman–Crippen MR) is 71.0 cm³/mol. The average Bonchev–Trinajstić information content (AvgIpc) is 2.28. The average molecular weight is 234 g/mol. The summed E-state index contributed by atoms with van der Waals surface area (Å²) in [6, 6.07) is 7.93. The normalized spacial score (nSPS) is 14.1. The molecule has 3 N–H and O–H groups in total. The lowest BCUT2D eigenvalue weighted by Gasteiger charge is -2.16. The van der Waals surface area contributed by atoms with Gasteiger partial charge in [0.2, 0.25) is 0 Å². The predicted octanol–water partition coefficient (Wildman–Crippen LogP) is 2.10. The zero-order valence-corrected chi connectivity index (χ0v) is 10.9. The van der Waals surface area contributed by atoms with E-state index in [1.54, 1.807) is 0 Å². The Hall–Kier alpha value is -1.35. The lowest BCUT2D eigenvalue weighted by atomic mass is 10.1. The lowest BCUT2D eigenvalue weighted by molar-refractivity contribution is 0.0937. The van der Waals surface area contributed by atoms with E-state index in [0.717, 1.165) is 12.8 Å². The molecule has 17 heavy (non-hydrogen) atoms. The zero-order chi connectivity index (χ0) is 12.8. The Morgan fingerprint density at radius 3 is 2.35 bits per heavy atom. The van der Waals surface area contributed by atoms with Crippen LogP contribution in [0.2, 0.25) is 0 Å². The van der Waals surface area contributed by atoms with Crippen molar-refractivity contribution in [1.82, 2.24) is 5.32 Å². The number of rotatable bonds is 5. The molecule has 1 amide bonds. The van der Waals surface area contributed by atoms with E-state index in [1.165, 1.54) is 5.56 Å². The van der Waals surface area contributed by atoms with Crippen LogP contribution in [-0.4, -0.2) is 18.0 Å². The van der Waals surface area contributed by atoms with Gasteiger partial charge in [0.15, 0.2) is 0 Å². The quantitative estimate of drug-likeness (QED) is 0.819. The highest BCUT2D eigenvalue weighted by Crippen LogP contribution is 2.06. The number of hydrogen-bond donors (Lipinski definition) is 2. The molecule has 2 atom stereocenters. The van der Waals surface area contributed by atoms with Crippen molar-refractivity contribution < 1.29 is 4.79 Å². The highest BCUT2D eigenvalue weighted by atomic mass is 16.1. The molecule has 94 valence electrons. The molecule has 0 aromatic heterocycles. The highest BCUT2D eigenvalue weighted by Gasteiger charge is 2.10. The number of carbonyl (C=O) groups is 1. The van der Waals surface area contributed by atoms with E-state index in [0.29, 0.717) is 5.56 Å². The summed E-state index contributed by atoms with van der Waals surface area (Å²) in [5, 5.41) is 2.95.